The SMILES string of the molecule is N#Cc1cc(C(F)(F)F)ccc1OCc1cccc(C(N)=O)c1. The third-order valence-electron chi connectivity index (χ3n) is 3.03. The Labute approximate surface area is 129 Å². The third-order valence-corrected chi connectivity index (χ3v) is 3.03. The molecule has 2 N–H and O–H groups in total. The van der Waals surface area contributed by atoms with E-state index >= 15 is 0 Å². The number of carbonyl (C=O) groups excluding carboxylic acids is 1. The summed E-state index contributed by atoms with van der Waals surface area (Å²) < 4.78 is 43.2. The predicted molar refractivity (Wildman–Crippen MR) is 75.5 cm³/mol. The van der Waals surface area contributed by atoms with Gasteiger partial charge in [0.15, 0.2) is 0 Å². The smallest absolute Gasteiger partial charge is 0.416 e. The molecule has 23 heavy (non-hydrogen) atoms. The Morgan fingerprint density at radius 1 is 1.22 bits per heavy atom. The summed E-state index contributed by atoms with van der Waals surface area (Å²) in [6, 6.07) is 10.7. The Morgan fingerprint density at radius 2 is 1.96 bits per heavy atom. The first-order valence-corrected chi connectivity index (χ1v) is 6.44. The van der Waals surface area contributed by atoms with Crippen LogP contribution in [0.5, 0.6) is 5.75 Å². The lowest BCUT2D eigenvalue weighted by Gasteiger charge is -2.11. The van der Waals surface area contributed by atoms with Gasteiger partial charge in [-0.05, 0) is 35.9 Å². The van der Waals surface area contributed by atoms with Crippen molar-refractivity contribution < 1.29 is 22.7 Å². The van der Waals surface area contributed by atoms with E-state index in [0.717, 1.165) is 18.2 Å². The Kier molecular flexibility index (Phi) is 4.55. The second-order valence-electron chi connectivity index (χ2n) is 4.67. The molecule has 118 valence electrons. The van der Waals surface area contributed by atoms with Crippen molar-refractivity contribution in [2.45, 2.75) is 12.8 Å². The maximum Gasteiger partial charge on any atom is 0.416 e. The van der Waals surface area contributed by atoms with E-state index in [0.29, 0.717) is 11.1 Å². The van der Waals surface area contributed by atoms with Crippen LogP contribution in [0.25, 0.3) is 0 Å². The van der Waals surface area contributed by atoms with Gasteiger partial charge in [-0.15, -0.1) is 0 Å². The third kappa shape index (κ3) is 4.01. The van der Waals surface area contributed by atoms with Gasteiger partial charge in [0.2, 0.25) is 5.91 Å². The monoisotopic (exact) mass is 320 g/mol. The fourth-order valence-corrected chi connectivity index (χ4v) is 1.90. The van der Waals surface area contributed by atoms with Crippen molar-refractivity contribution in [1.82, 2.24) is 0 Å². The molecule has 1 amide bonds. The van der Waals surface area contributed by atoms with E-state index in [2.05, 4.69) is 0 Å². The molecule has 0 aliphatic carbocycles. The van der Waals surface area contributed by atoms with Crippen molar-refractivity contribution in [3.05, 3.63) is 64.7 Å². The van der Waals surface area contributed by atoms with E-state index in [-0.39, 0.29) is 17.9 Å². The topological polar surface area (TPSA) is 76.1 Å². The zero-order valence-electron chi connectivity index (χ0n) is 11.7. The van der Waals surface area contributed by atoms with Crippen LogP contribution < -0.4 is 10.5 Å². The average Bonchev–Trinajstić information content (AvgIpc) is 2.52. The fraction of sp³-hybridized carbons (Fsp3) is 0.125. The molecule has 0 unspecified atom stereocenters. The zero-order valence-corrected chi connectivity index (χ0v) is 11.7. The first-order chi connectivity index (χ1) is 10.8. The van der Waals surface area contributed by atoms with Gasteiger partial charge in [-0.2, -0.15) is 18.4 Å². The van der Waals surface area contributed by atoms with Crippen LogP contribution in [0, 0.1) is 11.3 Å². The molecule has 0 saturated carbocycles. The predicted octanol–water partition coefficient (Wildman–Crippen LogP) is 3.25. The number of nitrogens with two attached hydrogens (primary N) is 1. The molecule has 0 spiro atoms. The van der Waals surface area contributed by atoms with Crippen LogP contribution in [0.4, 0.5) is 13.2 Å². The van der Waals surface area contributed by atoms with Crippen molar-refractivity contribution in [2.24, 2.45) is 5.73 Å². The number of benzene rings is 2. The van der Waals surface area contributed by atoms with E-state index in [4.69, 9.17) is 15.7 Å². The maximum absolute atomic E-state index is 12.6. The van der Waals surface area contributed by atoms with Crippen LogP contribution in [-0.4, -0.2) is 5.91 Å². The summed E-state index contributed by atoms with van der Waals surface area (Å²) in [5.41, 5.74) is 4.92. The van der Waals surface area contributed by atoms with Gasteiger partial charge in [-0.1, -0.05) is 12.1 Å². The van der Waals surface area contributed by atoms with Crippen LogP contribution in [0.15, 0.2) is 42.5 Å². The minimum Gasteiger partial charge on any atom is -0.488 e. The van der Waals surface area contributed by atoms with Gasteiger partial charge in [0.25, 0.3) is 0 Å². The lowest BCUT2D eigenvalue weighted by molar-refractivity contribution is -0.137. The Hall–Kier alpha value is -3.01. The van der Waals surface area contributed by atoms with Crippen LogP contribution in [-0.2, 0) is 12.8 Å². The summed E-state index contributed by atoms with van der Waals surface area (Å²) in [6.45, 7) is -0.0127. The number of primary amides is 1. The van der Waals surface area contributed by atoms with Crippen molar-refractivity contribution >= 4 is 5.91 Å². The normalized spacial score (nSPS) is 10.9. The largest absolute Gasteiger partial charge is 0.488 e. The molecule has 0 aromatic heterocycles. The zero-order chi connectivity index (χ0) is 17.0. The highest BCUT2D eigenvalue weighted by molar-refractivity contribution is 5.92. The molecular weight excluding hydrogens is 309 g/mol. The summed E-state index contributed by atoms with van der Waals surface area (Å²) >= 11 is 0. The number of nitrogens with zero attached hydrogens (tertiary/aromatic N) is 1. The summed E-state index contributed by atoms with van der Waals surface area (Å²) in [6.07, 6.45) is -4.53. The summed E-state index contributed by atoms with van der Waals surface area (Å²) in [5.74, 6) is -0.566. The number of hydrogen-bond acceptors (Lipinski definition) is 3. The molecule has 0 saturated heterocycles. The summed E-state index contributed by atoms with van der Waals surface area (Å²) in [7, 11) is 0. The van der Waals surface area contributed by atoms with Crippen LogP contribution in [0.1, 0.15) is 27.0 Å². The van der Waals surface area contributed by atoms with Gasteiger partial charge in [0.05, 0.1) is 11.1 Å². The number of hydrogen-bond donors (Lipinski definition) is 1. The minimum absolute atomic E-state index is 0.0127. The second-order valence-corrected chi connectivity index (χ2v) is 4.67. The molecule has 4 nitrogen and oxygen atoms in total. The molecule has 0 atom stereocenters. The van der Waals surface area contributed by atoms with E-state index in [9.17, 15) is 18.0 Å². The lowest BCUT2D eigenvalue weighted by Crippen LogP contribution is -2.11. The van der Waals surface area contributed by atoms with E-state index in [1.165, 1.54) is 12.1 Å². The molecule has 0 fully saturated rings. The highest BCUT2D eigenvalue weighted by atomic mass is 19.4. The van der Waals surface area contributed by atoms with E-state index in [1.54, 1.807) is 18.2 Å². The molecule has 0 aliphatic rings. The fourth-order valence-electron chi connectivity index (χ4n) is 1.90. The van der Waals surface area contributed by atoms with E-state index in [1.807, 2.05) is 0 Å². The summed E-state index contributed by atoms with van der Waals surface area (Å²) in [4.78, 5) is 11.1. The Morgan fingerprint density at radius 3 is 2.57 bits per heavy atom. The number of halogens is 3. The molecule has 2 rings (SSSR count). The average molecular weight is 320 g/mol. The maximum atomic E-state index is 12.6. The van der Waals surface area contributed by atoms with Crippen molar-refractivity contribution in [2.75, 3.05) is 0 Å². The van der Waals surface area contributed by atoms with Gasteiger partial charge in [-0.3, -0.25) is 4.79 Å². The summed E-state index contributed by atoms with van der Waals surface area (Å²) in [5, 5.41) is 8.96. The molecular formula is C16H11F3N2O2. The number of ether oxygens (including phenoxy) is 1. The quantitative estimate of drug-likeness (QED) is 0.939. The first-order valence-electron chi connectivity index (χ1n) is 6.44. The molecule has 2 aromatic carbocycles. The van der Waals surface area contributed by atoms with Gasteiger partial charge in [0.1, 0.15) is 18.4 Å². The minimum atomic E-state index is -4.53. The number of nitriles is 1. The second kappa shape index (κ2) is 6.40. The van der Waals surface area contributed by atoms with Gasteiger partial charge in [-0.25, -0.2) is 0 Å². The Balaban J connectivity index is 2.19. The highest BCUT2D eigenvalue weighted by Crippen LogP contribution is 2.32. The highest BCUT2D eigenvalue weighted by Gasteiger charge is 2.31. The van der Waals surface area contributed by atoms with Crippen molar-refractivity contribution in [3.63, 3.8) is 0 Å². The molecule has 7 heteroatoms. The first kappa shape index (κ1) is 16.4. The van der Waals surface area contributed by atoms with Crippen LogP contribution in [0.2, 0.25) is 0 Å². The van der Waals surface area contributed by atoms with Gasteiger partial charge >= 0.3 is 6.18 Å². The van der Waals surface area contributed by atoms with Crippen molar-refractivity contribution in [3.8, 4) is 11.8 Å². The number of rotatable bonds is 4. The molecule has 0 heterocycles. The van der Waals surface area contributed by atoms with Gasteiger partial charge in [0, 0.05) is 5.56 Å². The lowest BCUT2D eigenvalue weighted by atomic mass is 10.1. The van der Waals surface area contributed by atoms with Crippen LogP contribution in [0.3, 0.4) is 0 Å². The Bertz CT molecular complexity index is 780. The number of alkyl halides is 3. The van der Waals surface area contributed by atoms with Crippen LogP contribution >= 0.6 is 0 Å². The standard InChI is InChI=1S/C16H11F3N2O2/c17-16(18,19)13-4-5-14(12(7-13)8-20)23-9-10-2-1-3-11(6-10)15(21)22/h1-7H,9H2,(H2,21,22). The van der Waals surface area contributed by atoms with Gasteiger partial charge < -0.3 is 10.5 Å². The molecule has 2 aromatic rings. The van der Waals surface area contributed by atoms with E-state index < -0.39 is 17.6 Å². The number of carbonyl (C=O) groups is 1. The molecule has 0 radical (unpaired) electrons. The number of amides is 1. The van der Waals surface area contributed by atoms with Crippen molar-refractivity contribution in [1.29, 1.82) is 5.26 Å². The molecule has 0 bridgehead atoms. The molecule has 0 aliphatic heterocycles.